The third kappa shape index (κ3) is 3.56. The van der Waals surface area contributed by atoms with Crippen LogP contribution in [-0.2, 0) is 4.74 Å². The van der Waals surface area contributed by atoms with Gasteiger partial charge in [-0.2, -0.15) is 0 Å². The monoisotopic (exact) mass is 320 g/mol. The summed E-state index contributed by atoms with van der Waals surface area (Å²) < 4.78 is 29.3. The van der Waals surface area contributed by atoms with E-state index in [1.807, 2.05) is 13.8 Å². The van der Waals surface area contributed by atoms with Gasteiger partial charge in [0.15, 0.2) is 17.3 Å². The van der Waals surface area contributed by atoms with E-state index in [1.54, 1.807) is 13.0 Å². The van der Waals surface area contributed by atoms with Crippen LogP contribution >= 0.6 is 0 Å². The molecule has 0 bridgehead atoms. The number of carbonyl (C=O) groups is 1. The molecule has 0 amide bonds. The van der Waals surface area contributed by atoms with Gasteiger partial charge in [-0.05, 0) is 26.8 Å². The Morgan fingerprint density at radius 3 is 2.78 bits per heavy atom. The first-order valence-corrected chi connectivity index (χ1v) is 6.99. The van der Waals surface area contributed by atoms with Gasteiger partial charge >= 0.3 is 5.97 Å². The highest BCUT2D eigenvalue weighted by Crippen LogP contribution is 2.32. The van der Waals surface area contributed by atoms with Crippen LogP contribution in [0.3, 0.4) is 0 Å². The molecule has 0 aromatic carbocycles. The van der Waals surface area contributed by atoms with E-state index >= 15 is 0 Å². The molecule has 7 heteroatoms. The maximum Gasteiger partial charge on any atom is 0.361 e. The van der Waals surface area contributed by atoms with Gasteiger partial charge in [0.2, 0.25) is 5.88 Å². The molecule has 0 saturated heterocycles. The Morgan fingerprint density at radius 2 is 2.17 bits per heavy atom. The Bertz CT molecular complexity index is 749. The van der Waals surface area contributed by atoms with E-state index in [-0.39, 0.29) is 29.5 Å². The van der Waals surface area contributed by atoms with Crippen LogP contribution in [0.2, 0.25) is 0 Å². The standard InChI is InChI=1S/C16H17FN2O4/c1-5-22-16(20)14-11(6-9(2)3)15(23-19-14)10-7-13(21-4)18-8-12(10)17/h6-8H,5H2,1-4H3. The van der Waals surface area contributed by atoms with E-state index in [0.29, 0.717) is 5.56 Å². The molecule has 0 fully saturated rings. The van der Waals surface area contributed by atoms with E-state index in [4.69, 9.17) is 14.0 Å². The predicted octanol–water partition coefficient (Wildman–Crippen LogP) is 3.48. The van der Waals surface area contributed by atoms with E-state index < -0.39 is 11.8 Å². The Balaban J connectivity index is 2.63. The fraction of sp³-hybridized carbons (Fsp3) is 0.312. The molecular formula is C16H17FN2O4. The normalized spacial score (nSPS) is 10.3. The van der Waals surface area contributed by atoms with Gasteiger partial charge in [-0.15, -0.1) is 0 Å². The molecule has 0 atom stereocenters. The van der Waals surface area contributed by atoms with Crippen molar-refractivity contribution in [1.82, 2.24) is 10.1 Å². The molecule has 6 nitrogen and oxygen atoms in total. The summed E-state index contributed by atoms with van der Waals surface area (Å²) in [5.74, 6) is -0.900. The highest BCUT2D eigenvalue weighted by molar-refractivity contribution is 5.94. The fourth-order valence-electron chi connectivity index (χ4n) is 1.97. The maximum atomic E-state index is 14.1. The summed E-state index contributed by atoms with van der Waals surface area (Å²) in [7, 11) is 1.42. The second-order valence-electron chi connectivity index (χ2n) is 4.92. The minimum absolute atomic E-state index is 0.00164. The summed E-state index contributed by atoms with van der Waals surface area (Å²) in [6.45, 7) is 5.57. The zero-order chi connectivity index (χ0) is 17.0. The highest BCUT2D eigenvalue weighted by atomic mass is 19.1. The minimum Gasteiger partial charge on any atom is -0.481 e. The van der Waals surface area contributed by atoms with E-state index in [0.717, 1.165) is 11.8 Å². The summed E-state index contributed by atoms with van der Waals surface area (Å²) in [6.07, 6.45) is 2.71. The van der Waals surface area contributed by atoms with Crippen LogP contribution in [0.15, 0.2) is 22.4 Å². The zero-order valence-electron chi connectivity index (χ0n) is 13.3. The van der Waals surface area contributed by atoms with Crippen molar-refractivity contribution >= 4 is 12.0 Å². The summed E-state index contributed by atoms with van der Waals surface area (Å²) >= 11 is 0. The Hall–Kier alpha value is -2.70. The van der Waals surface area contributed by atoms with Crippen LogP contribution in [0.5, 0.6) is 5.88 Å². The number of pyridine rings is 1. The van der Waals surface area contributed by atoms with Crippen molar-refractivity contribution in [3.8, 4) is 17.2 Å². The summed E-state index contributed by atoms with van der Waals surface area (Å²) in [6, 6.07) is 1.38. The largest absolute Gasteiger partial charge is 0.481 e. The smallest absolute Gasteiger partial charge is 0.361 e. The van der Waals surface area contributed by atoms with Gasteiger partial charge in [0.05, 0.1) is 31.0 Å². The zero-order valence-corrected chi connectivity index (χ0v) is 13.3. The molecular weight excluding hydrogens is 303 g/mol. The maximum absolute atomic E-state index is 14.1. The Kier molecular flexibility index (Phi) is 5.10. The van der Waals surface area contributed by atoms with Crippen LogP contribution in [-0.4, -0.2) is 29.8 Å². The number of hydrogen-bond acceptors (Lipinski definition) is 6. The Morgan fingerprint density at radius 1 is 1.43 bits per heavy atom. The van der Waals surface area contributed by atoms with Gasteiger partial charge in [-0.1, -0.05) is 10.7 Å². The second-order valence-corrected chi connectivity index (χ2v) is 4.92. The van der Waals surface area contributed by atoms with E-state index in [2.05, 4.69) is 10.1 Å². The van der Waals surface area contributed by atoms with Crippen LogP contribution in [0.4, 0.5) is 4.39 Å². The number of hydrogen-bond donors (Lipinski definition) is 0. The topological polar surface area (TPSA) is 74.5 Å². The van der Waals surface area contributed by atoms with E-state index in [1.165, 1.54) is 13.2 Å². The first-order valence-electron chi connectivity index (χ1n) is 6.99. The van der Waals surface area contributed by atoms with Gasteiger partial charge in [0.25, 0.3) is 0 Å². The van der Waals surface area contributed by atoms with Crippen molar-refractivity contribution in [1.29, 1.82) is 0 Å². The second kappa shape index (κ2) is 7.04. The molecule has 122 valence electrons. The van der Waals surface area contributed by atoms with Crippen molar-refractivity contribution in [3.63, 3.8) is 0 Å². The summed E-state index contributed by atoms with van der Waals surface area (Å²) in [5, 5.41) is 3.74. The molecule has 0 saturated carbocycles. The van der Waals surface area contributed by atoms with Crippen molar-refractivity contribution in [2.45, 2.75) is 20.8 Å². The average Bonchev–Trinajstić information content (AvgIpc) is 2.91. The van der Waals surface area contributed by atoms with E-state index in [9.17, 15) is 9.18 Å². The number of esters is 1. The fourth-order valence-corrected chi connectivity index (χ4v) is 1.97. The number of aromatic nitrogens is 2. The lowest BCUT2D eigenvalue weighted by Gasteiger charge is -2.04. The molecule has 0 N–H and O–H groups in total. The summed E-state index contributed by atoms with van der Waals surface area (Å²) in [4.78, 5) is 15.8. The van der Waals surface area contributed by atoms with Crippen LogP contribution < -0.4 is 4.74 Å². The Labute approximate surface area is 132 Å². The molecule has 0 aliphatic heterocycles. The first-order chi connectivity index (χ1) is 11.0. The van der Waals surface area contributed by atoms with Gasteiger partial charge in [-0.25, -0.2) is 14.2 Å². The third-order valence-electron chi connectivity index (χ3n) is 2.91. The lowest BCUT2D eigenvalue weighted by Crippen LogP contribution is -2.06. The molecule has 0 unspecified atom stereocenters. The minimum atomic E-state index is -0.628. The molecule has 2 aromatic rings. The molecule has 0 spiro atoms. The van der Waals surface area contributed by atoms with Gasteiger partial charge in [0, 0.05) is 6.07 Å². The van der Waals surface area contributed by atoms with Crippen molar-refractivity contribution < 1.29 is 23.2 Å². The molecule has 0 aliphatic carbocycles. The van der Waals surface area contributed by atoms with Crippen molar-refractivity contribution in [3.05, 3.63) is 34.9 Å². The number of halogens is 1. The molecule has 2 heterocycles. The lowest BCUT2D eigenvalue weighted by atomic mass is 10.0. The molecule has 2 rings (SSSR count). The van der Waals surface area contributed by atoms with Crippen LogP contribution in [0.25, 0.3) is 17.4 Å². The number of rotatable bonds is 5. The van der Waals surface area contributed by atoms with Crippen molar-refractivity contribution in [2.75, 3.05) is 13.7 Å². The van der Waals surface area contributed by atoms with Crippen LogP contribution in [0, 0.1) is 5.82 Å². The van der Waals surface area contributed by atoms with Gasteiger partial charge in [-0.3, -0.25) is 0 Å². The van der Waals surface area contributed by atoms with Crippen molar-refractivity contribution in [2.24, 2.45) is 0 Å². The molecule has 0 aliphatic rings. The quantitative estimate of drug-likeness (QED) is 0.785. The highest BCUT2D eigenvalue weighted by Gasteiger charge is 2.25. The molecule has 0 radical (unpaired) electrons. The number of methoxy groups -OCH3 is 1. The summed E-state index contributed by atoms with van der Waals surface area (Å²) in [5.41, 5.74) is 1.35. The number of ether oxygens (including phenoxy) is 2. The molecule has 23 heavy (non-hydrogen) atoms. The lowest BCUT2D eigenvalue weighted by molar-refractivity contribution is 0.0514. The first kappa shape index (κ1) is 16.7. The van der Waals surface area contributed by atoms with Gasteiger partial charge in [0.1, 0.15) is 0 Å². The average molecular weight is 320 g/mol. The van der Waals surface area contributed by atoms with Gasteiger partial charge < -0.3 is 14.0 Å². The predicted molar refractivity (Wildman–Crippen MR) is 81.5 cm³/mol. The number of nitrogens with zero attached hydrogens (tertiary/aromatic N) is 2. The SMILES string of the molecule is CCOC(=O)c1noc(-c2cc(OC)ncc2F)c1C=C(C)C. The number of carbonyl (C=O) groups excluding carboxylic acids is 1. The number of allylic oxidation sites excluding steroid dienone is 1. The van der Waals surface area contributed by atoms with Crippen LogP contribution in [0.1, 0.15) is 36.8 Å². The molecule has 2 aromatic heterocycles. The third-order valence-corrected chi connectivity index (χ3v) is 2.91.